The van der Waals surface area contributed by atoms with Crippen LogP contribution in [0.15, 0.2) is 12.1 Å². The molecule has 0 saturated carbocycles. The van der Waals surface area contributed by atoms with Crippen molar-refractivity contribution in [1.29, 1.82) is 0 Å². The van der Waals surface area contributed by atoms with Crippen molar-refractivity contribution in [3.05, 3.63) is 23.3 Å². The Hall–Kier alpha value is -1.22. The summed E-state index contributed by atoms with van der Waals surface area (Å²) in [5, 5.41) is 10.1. The van der Waals surface area contributed by atoms with Gasteiger partial charge in [0.2, 0.25) is 0 Å². The second kappa shape index (κ2) is 4.34. The van der Waals surface area contributed by atoms with Crippen LogP contribution in [0.4, 0.5) is 0 Å². The van der Waals surface area contributed by atoms with Crippen LogP contribution in [0.25, 0.3) is 0 Å². The number of aliphatic hydroxyl groups excluding tert-OH is 1. The zero-order chi connectivity index (χ0) is 11.7. The molecule has 0 radical (unpaired) electrons. The van der Waals surface area contributed by atoms with E-state index >= 15 is 0 Å². The van der Waals surface area contributed by atoms with Gasteiger partial charge in [0.1, 0.15) is 12.2 Å². The number of ether oxygens (including phenoxy) is 2. The van der Waals surface area contributed by atoms with Crippen molar-refractivity contribution in [1.82, 2.24) is 0 Å². The first-order chi connectivity index (χ1) is 7.71. The predicted octanol–water partition coefficient (Wildman–Crippen LogP) is 2.46. The average Bonchev–Trinajstić information content (AvgIpc) is 2.65. The lowest BCUT2D eigenvalue weighted by Gasteiger charge is -2.11. The molecule has 88 valence electrons. The normalized spacial score (nSPS) is 22.8. The Balaban J connectivity index is 2.47. The van der Waals surface area contributed by atoms with Gasteiger partial charge in [0.25, 0.3) is 0 Å². The van der Waals surface area contributed by atoms with Gasteiger partial charge in [-0.15, -0.1) is 0 Å². The number of benzene rings is 1. The highest BCUT2D eigenvalue weighted by Crippen LogP contribution is 2.44. The number of methoxy groups -OCH3 is 1. The molecule has 0 amide bonds. The molecule has 0 spiro atoms. The molecule has 0 aromatic heterocycles. The molecular weight excluding hydrogens is 204 g/mol. The van der Waals surface area contributed by atoms with Gasteiger partial charge in [0.15, 0.2) is 11.5 Å². The molecule has 0 fully saturated rings. The molecule has 2 unspecified atom stereocenters. The molecule has 0 aliphatic carbocycles. The lowest BCUT2D eigenvalue weighted by molar-refractivity contribution is 0.0644. The third-order valence-electron chi connectivity index (χ3n) is 3.11. The van der Waals surface area contributed by atoms with Crippen LogP contribution in [0.2, 0.25) is 0 Å². The fourth-order valence-electron chi connectivity index (χ4n) is 2.11. The minimum atomic E-state index is -0.527. The summed E-state index contributed by atoms with van der Waals surface area (Å²) >= 11 is 0. The third kappa shape index (κ3) is 1.65. The molecule has 1 aliphatic rings. The van der Waals surface area contributed by atoms with Crippen molar-refractivity contribution in [2.24, 2.45) is 0 Å². The third-order valence-corrected chi connectivity index (χ3v) is 3.11. The molecule has 1 heterocycles. The molecule has 2 rings (SSSR count). The first kappa shape index (κ1) is 11.3. The topological polar surface area (TPSA) is 38.7 Å². The Morgan fingerprint density at radius 1 is 1.38 bits per heavy atom. The minimum absolute atomic E-state index is 0.143. The van der Waals surface area contributed by atoms with Gasteiger partial charge in [0, 0.05) is 5.56 Å². The fourth-order valence-corrected chi connectivity index (χ4v) is 2.11. The molecule has 1 aromatic rings. The zero-order valence-corrected chi connectivity index (χ0v) is 9.99. The smallest absolute Gasteiger partial charge is 0.167 e. The Kier molecular flexibility index (Phi) is 3.06. The summed E-state index contributed by atoms with van der Waals surface area (Å²) in [5.41, 5.74) is 2.03. The van der Waals surface area contributed by atoms with Gasteiger partial charge in [-0.05, 0) is 30.5 Å². The van der Waals surface area contributed by atoms with E-state index < -0.39 is 6.10 Å². The summed E-state index contributed by atoms with van der Waals surface area (Å²) in [6.07, 6.45) is 1.05. The van der Waals surface area contributed by atoms with Crippen LogP contribution in [0.5, 0.6) is 11.5 Å². The predicted molar refractivity (Wildman–Crippen MR) is 62.0 cm³/mol. The maximum Gasteiger partial charge on any atom is 0.167 e. The van der Waals surface area contributed by atoms with Gasteiger partial charge in [-0.25, -0.2) is 0 Å². The Labute approximate surface area is 96.0 Å². The molecule has 16 heavy (non-hydrogen) atoms. The van der Waals surface area contributed by atoms with Gasteiger partial charge in [-0.1, -0.05) is 13.8 Å². The summed E-state index contributed by atoms with van der Waals surface area (Å²) < 4.78 is 11.0. The highest BCUT2D eigenvalue weighted by molar-refractivity contribution is 5.53. The van der Waals surface area contributed by atoms with E-state index in [1.165, 1.54) is 0 Å². The quantitative estimate of drug-likeness (QED) is 0.853. The van der Waals surface area contributed by atoms with Crippen LogP contribution in [0, 0.1) is 0 Å². The number of aryl methyl sites for hydroxylation is 1. The Morgan fingerprint density at radius 2 is 2.12 bits per heavy atom. The average molecular weight is 222 g/mol. The molecule has 3 nitrogen and oxygen atoms in total. The van der Waals surface area contributed by atoms with Crippen LogP contribution in [0.3, 0.4) is 0 Å². The molecule has 3 heteroatoms. The number of hydrogen-bond donors (Lipinski definition) is 1. The molecular formula is C13H18O3. The van der Waals surface area contributed by atoms with E-state index in [1.54, 1.807) is 7.11 Å². The first-order valence-electron chi connectivity index (χ1n) is 5.76. The second-order valence-electron chi connectivity index (χ2n) is 4.08. The van der Waals surface area contributed by atoms with Crippen LogP contribution in [-0.2, 0) is 6.42 Å². The first-order valence-corrected chi connectivity index (χ1v) is 5.76. The number of fused-ring (bicyclic) bond motifs is 1. The van der Waals surface area contributed by atoms with Crippen molar-refractivity contribution < 1.29 is 14.6 Å². The zero-order valence-electron chi connectivity index (χ0n) is 9.99. The van der Waals surface area contributed by atoms with Gasteiger partial charge in [0.05, 0.1) is 7.11 Å². The lowest BCUT2D eigenvalue weighted by Crippen LogP contribution is -2.16. The Morgan fingerprint density at radius 3 is 2.69 bits per heavy atom. The monoisotopic (exact) mass is 222 g/mol. The highest BCUT2D eigenvalue weighted by Gasteiger charge is 2.34. The summed E-state index contributed by atoms with van der Waals surface area (Å²) in [6.45, 7) is 4.09. The number of hydrogen-bond acceptors (Lipinski definition) is 3. The van der Waals surface area contributed by atoms with Gasteiger partial charge in [-0.2, -0.15) is 0 Å². The lowest BCUT2D eigenvalue weighted by atomic mass is 10.0. The van der Waals surface area contributed by atoms with Crippen molar-refractivity contribution in [2.45, 2.75) is 38.9 Å². The molecule has 1 N–H and O–H groups in total. The number of rotatable bonds is 3. The molecule has 1 aliphatic heterocycles. The Bertz CT molecular complexity index is 387. The van der Waals surface area contributed by atoms with E-state index in [0.717, 1.165) is 29.7 Å². The maximum atomic E-state index is 10.1. The standard InChI is InChI=1S/C13H18O3/c1-4-8-6-9-12(14)10(5-2)16-13(9)11(7-8)15-3/h6-7,10,12,14H,4-5H2,1-3H3. The van der Waals surface area contributed by atoms with Crippen LogP contribution in [0.1, 0.15) is 37.5 Å². The van der Waals surface area contributed by atoms with Gasteiger partial charge in [-0.3, -0.25) is 0 Å². The van der Waals surface area contributed by atoms with Crippen LogP contribution in [-0.4, -0.2) is 18.3 Å². The maximum absolute atomic E-state index is 10.1. The van der Waals surface area contributed by atoms with Gasteiger partial charge < -0.3 is 14.6 Å². The van der Waals surface area contributed by atoms with Crippen LogP contribution < -0.4 is 9.47 Å². The summed E-state index contributed by atoms with van der Waals surface area (Å²) in [6, 6.07) is 3.99. The van der Waals surface area contributed by atoms with E-state index in [2.05, 4.69) is 6.92 Å². The van der Waals surface area contributed by atoms with Crippen molar-refractivity contribution in [2.75, 3.05) is 7.11 Å². The fraction of sp³-hybridized carbons (Fsp3) is 0.538. The van der Waals surface area contributed by atoms with E-state index in [0.29, 0.717) is 5.75 Å². The SMILES string of the molecule is CCc1cc(OC)c2c(c1)C(O)C(CC)O2. The number of aliphatic hydroxyl groups is 1. The summed E-state index contributed by atoms with van der Waals surface area (Å²) in [4.78, 5) is 0. The van der Waals surface area contributed by atoms with Crippen molar-refractivity contribution in [3.8, 4) is 11.5 Å². The van der Waals surface area contributed by atoms with E-state index in [4.69, 9.17) is 9.47 Å². The molecule has 1 aromatic carbocycles. The molecule has 0 bridgehead atoms. The minimum Gasteiger partial charge on any atom is -0.493 e. The largest absolute Gasteiger partial charge is 0.493 e. The highest BCUT2D eigenvalue weighted by atomic mass is 16.5. The van der Waals surface area contributed by atoms with Crippen LogP contribution >= 0.6 is 0 Å². The van der Waals surface area contributed by atoms with E-state index in [-0.39, 0.29) is 6.10 Å². The summed E-state index contributed by atoms with van der Waals surface area (Å²) in [5.74, 6) is 1.43. The second-order valence-corrected chi connectivity index (χ2v) is 4.08. The van der Waals surface area contributed by atoms with Crippen molar-refractivity contribution in [3.63, 3.8) is 0 Å². The van der Waals surface area contributed by atoms with Crippen molar-refractivity contribution >= 4 is 0 Å². The molecule has 2 atom stereocenters. The molecule has 0 saturated heterocycles. The summed E-state index contributed by atoms with van der Waals surface area (Å²) in [7, 11) is 1.63. The van der Waals surface area contributed by atoms with E-state index in [1.807, 2.05) is 19.1 Å². The van der Waals surface area contributed by atoms with E-state index in [9.17, 15) is 5.11 Å². The van der Waals surface area contributed by atoms with Gasteiger partial charge >= 0.3 is 0 Å².